The van der Waals surface area contributed by atoms with Crippen LogP contribution in [0.4, 0.5) is 0 Å². The molecule has 0 aliphatic heterocycles. The SMILES string of the molecule is CC.Cc1cc(C#N)c(Cl)cc1Cl. The summed E-state index contributed by atoms with van der Waals surface area (Å²) in [6.07, 6.45) is 0. The van der Waals surface area contributed by atoms with Crippen molar-refractivity contribution in [3.05, 3.63) is 33.3 Å². The largest absolute Gasteiger partial charge is 0.192 e. The zero-order valence-electron chi connectivity index (χ0n) is 7.86. The van der Waals surface area contributed by atoms with Crippen molar-refractivity contribution in [1.82, 2.24) is 0 Å². The lowest BCUT2D eigenvalue weighted by Gasteiger charge is -1.98. The second-order valence-electron chi connectivity index (χ2n) is 2.19. The maximum Gasteiger partial charge on any atom is 0.101 e. The van der Waals surface area contributed by atoms with Crippen LogP contribution in [0.2, 0.25) is 10.0 Å². The molecule has 0 radical (unpaired) electrons. The molecule has 3 heteroatoms. The number of nitriles is 1. The van der Waals surface area contributed by atoms with Gasteiger partial charge in [0.05, 0.1) is 10.6 Å². The quantitative estimate of drug-likeness (QED) is 0.637. The van der Waals surface area contributed by atoms with E-state index in [2.05, 4.69) is 0 Å². The molecule has 0 aliphatic carbocycles. The Morgan fingerprint density at radius 2 is 1.69 bits per heavy atom. The van der Waals surface area contributed by atoms with E-state index in [4.69, 9.17) is 28.5 Å². The highest BCUT2D eigenvalue weighted by Gasteiger charge is 2.02. The Labute approximate surface area is 88.9 Å². The van der Waals surface area contributed by atoms with Crippen molar-refractivity contribution in [2.75, 3.05) is 0 Å². The monoisotopic (exact) mass is 215 g/mol. The number of hydrogen-bond donors (Lipinski definition) is 0. The highest BCUT2D eigenvalue weighted by atomic mass is 35.5. The van der Waals surface area contributed by atoms with Gasteiger partial charge in [-0.25, -0.2) is 0 Å². The Hall–Kier alpha value is -0.710. The third-order valence-corrected chi connectivity index (χ3v) is 2.09. The molecule has 0 saturated carbocycles. The number of aryl methyl sites for hydroxylation is 1. The highest BCUT2D eigenvalue weighted by Crippen LogP contribution is 2.23. The molecule has 0 aliphatic rings. The van der Waals surface area contributed by atoms with Crippen molar-refractivity contribution in [3.63, 3.8) is 0 Å². The number of benzene rings is 1. The van der Waals surface area contributed by atoms with Crippen LogP contribution in [0.15, 0.2) is 12.1 Å². The summed E-state index contributed by atoms with van der Waals surface area (Å²) in [5.74, 6) is 0. The van der Waals surface area contributed by atoms with E-state index in [1.54, 1.807) is 12.1 Å². The van der Waals surface area contributed by atoms with Gasteiger partial charge in [0.25, 0.3) is 0 Å². The summed E-state index contributed by atoms with van der Waals surface area (Å²) in [6, 6.07) is 5.22. The minimum atomic E-state index is 0.406. The molecule has 70 valence electrons. The van der Waals surface area contributed by atoms with E-state index in [9.17, 15) is 0 Å². The van der Waals surface area contributed by atoms with Crippen LogP contribution in [0, 0.1) is 18.3 Å². The molecule has 0 amide bonds. The smallest absolute Gasteiger partial charge is 0.101 e. The van der Waals surface area contributed by atoms with Gasteiger partial charge in [0.1, 0.15) is 6.07 Å². The van der Waals surface area contributed by atoms with Crippen molar-refractivity contribution in [2.24, 2.45) is 0 Å². The average Bonchev–Trinajstić information content (AvgIpc) is 2.15. The Morgan fingerprint density at radius 1 is 1.15 bits per heavy atom. The zero-order valence-corrected chi connectivity index (χ0v) is 9.37. The van der Waals surface area contributed by atoms with Gasteiger partial charge in [0.2, 0.25) is 0 Å². The van der Waals surface area contributed by atoms with Crippen LogP contribution in [0.3, 0.4) is 0 Å². The zero-order chi connectivity index (χ0) is 10.4. The van der Waals surface area contributed by atoms with E-state index in [-0.39, 0.29) is 0 Å². The molecule has 0 spiro atoms. The molecule has 1 rings (SSSR count). The van der Waals surface area contributed by atoms with E-state index in [0.29, 0.717) is 15.6 Å². The summed E-state index contributed by atoms with van der Waals surface area (Å²) in [5.41, 5.74) is 1.33. The van der Waals surface area contributed by atoms with Gasteiger partial charge < -0.3 is 0 Å². The molecular formula is C10H11Cl2N. The highest BCUT2D eigenvalue weighted by molar-refractivity contribution is 6.35. The fourth-order valence-corrected chi connectivity index (χ4v) is 1.17. The van der Waals surface area contributed by atoms with Crippen LogP contribution in [-0.4, -0.2) is 0 Å². The first-order valence-corrected chi connectivity index (χ1v) is 4.76. The van der Waals surface area contributed by atoms with Crippen molar-refractivity contribution < 1.29 is 0 Å². The first-order valence-electron chi connectivity index (χ1n) is 4.01. The fraction of sp³-hybridized carbons (Fsp3) is 0.300. The molecular weight excluding hydrogens is 205 g/mol. The first-order chi connectivity index (χ1) is 6.15. The van der Waals surface area contributed by atoms with E-state index in [0.717, 1.165) is 5.56 Å². The predicted molar refractivity (Wildman–Crippen MR) is 57.3 cm³/mol. The molecule has 13 heavy (non-hydrogen) atoms. The molecule has 0 atom stereocenters. The molecule has 1 aromatic rings. The van der Waals surface area contributed by atoms with E-state index < -0.39 is 0 Å². The van der Waals surface area contributed by atoms with Crippen LogP contribution in [-0.2, 0) is 0 Å². The lowest BCUT2D eigenvalue weighted by Crippen LogP contribution is -1.80. The first kappa shape index (κ1) is 12.3. The van der Waals surface area contributed by atoms with Gasteiger partial charge in [-0.2, -0.15) is 5.26 Å². The number of rotatable bonds is 0. The normalized spacial score (nSPS) is 8.31. The summed E-state index contributed by atoms with van der Waals surface area (Å²) in [7, 11) is 0. The van der Waals surface area contributed by atoms with Crippen molar-refractivity contribution in [3.8, 4) is 6.07 Å². The van der Waals surface area contributed by atoms with Crippen LogP contribution in [0.25, 0.3) is 0 Å². The van der Waals surface area contributed by atoms with E-state index in [1.807, 2.05) is 26.8 Å². The average molecular weight is 216 g/mol. The maximum atomic E-state index is 8.56. The summed E-state index contributed by atoms with van der Waals surface area (Å²) < 4.78 is 0. The topological polar surface area (TPSA) is 23.8 Å². The summed E-state index contributed by atoms with van der Waals surface area (Å²) in [6.45, 7) is 5.83. The number of hydrogen-bond acceptors (Lipinski definition) is 1. The molecule has 0 unspecified atom stereocenters. The van der Waals surface area contributed by atoms with Crippen LogP contribution in [0.5, 0.6) is 0 Å². The summed E-state index contributed by atoms with van der Waals surface area (Å²) in [5, 5.41) is 9.55. The van der Waals surface area contributed by atoms with Gasteiger partial charge >= 0.3 is 0 Å². The second kappa shape index (κ2) is 5.85. The predicted octanol–water partition coefficient (Wildman–Crippen LogP) is 4.20. The lowest BCUT2D eigenvalue weighted by atomic mass is 10.1. The van der Waals surface area contributed by atoms with Gasteiger partial charge in [-0.15, -0.1) is 0 Å². The van der Waals surface area contributed by atoms with Crippen molar-refractivity contribution in [1.29, 1.82) is 5.26 Å². The molecule has 1 aromatic carbocycles. The van der Waals surface area contributed by atoms with Crippen molar-refractivity contribution in [2.45, 2.75) is 20.8 Å². The number of nitrogens with zero attached hydrogens (tertiary/aromatic N) is 1. The van der Waals surface area contributed by atoms with Gasteiger partial charge in [0.15, 0.2) is 0 Å². The summed E-state index contributed by atoms with van der Waals surface area (Å²) >= 11 is 11.4. The lowest BCUT2D eigenvalue weighted by molar-refractivity contribution is 1.42. The van der Waals surface area contributed by atoms with Crippen LogP contribution >= 0.6 is 23.2 Å². The van der Waals surface area contributed by atoms with Gasteiger partial charge in [0, 0.05) is 5.02 Å². The standard InChI is InChI=1S/C8H5Cl2N.C2H6/c1-5-2-6(4-11)8(10)3-7(5)9;1-2/h2-3H,1H3;1-2H3. The molecule has 0 fully saturated rings. The van der Waals surface area contributed by atoms with Gasteiger partial charge in [-0.3, -0.25) is 0 Å². The fourth-order valence-electron chi connectivity index (χ4n) is 0.743. The Kier molecular flexibility index (Phi) is 5.53. The van der Waals surface area contributed by atoms with Crippen LogP contribution in [0.1, 0.15) is 25.0 Å². The molecule has 0 saturated heterocycles. The van der Waals surface area contributed by atoms with Crippen LogP contribution < -0.4 is 0 Å². The van der Waals surface area contributed by atoms with Crippen molar-refractivity contribution >= 4 is 23.2 Å². The second-order valence-corrected chi connectivity index (χ2v) is 3.01. The molecule has 1 nitrogen and oxygen atoms in total. The minimum Gasteiger partial charge on any atom is -0.192 e. The Morgan fingerprint density at radius 3 is 2.15 bits per heavy atom. The molecule has 0 bridgehead atoms. The van der Waals surface area contributed by atoms with E-state index in [1.165, 1.54) is 0 Å². The maximum absolute atomic E-state index is 8.56. The Balaban J connectivity index is 0.000000671. The Bertz CT molecular complexity index is 326. The van der Waals surface area contributed by atoms with E-state index >= 15 is 0 Å². The third-order valence-electron chi connectivity index (χ3n) is 1.37. The molecule has 0 heterocycles. The molecule has 0 N–H and O–H groups in total. The third kappa shape index (κ3) is 3.26. The van der Waals surface area contributed by atoms with Gasteiger partial charge in [-0.05, 0) is 24.6 Å². The minimum absolute atomic E-state index is 0.406. The van der Waals surface area contributed by atoms with Gasteiger partial charge in [-0.1, -0.05) is 37.0 Å². The molecule has 0 aromatic heterocycles. The number of halogens is 2. The summed E-state index contributed by atoms with van der Waals surface area (Å²) in [4.78, 5) is 0.